The van der Waals surface area contributed by atoms with Crippen LogP contribution in [0.5, 0.6) is 0 Å². The van der Waals surface area contributed by atoms with Crippen LogP contribution < -0.4 is 5.73 Å². The predicted octanol–water partition coefficient (Wildman–Crippen LogP) is 3.15. The number of ether oxygens (including phenoxy) is 1. The molecule has 1 rings (SSSR count). The summed E-state index contributed by atoms with van der Waals surface area (Å²) in [6.07, 6.45) is 0.999. The first kappa shape index (κ1) is 14.6. The molecule has 0 aliphatic heterocycles. The molecule has 0 radical (unpaired) electrons. The van der Waals surface area contributed by atoms with Gasteiger partial charge in [-0.15, -0.1) is 11.8 Å². The third-order valence-electron chi connectivity index (χ3n) is 2.85. The zero-order chi connectivity index (χ0) is 12.7. The van der Waals surface area contributed by atoms with Crippen molar-refractivity contribution in [2.24, 2.45) is 5.73 Å². The summed E-state index contributed by atoms with van der Waals surface area (Å²) in [6, 6.07) is 8.90. The number of methoxy groups -OCH3 is 1. The summed E-state index contributed by atoms with van der Waals surface area (Å²) in [7, 11) is 1.74. The molecule has 2 atom stereocenters. The largest absolute Gasteiger partial charge is 0.384 e. The SMILES string of the molecule is CCC(N)C(SCCOC)c1ccc(C)cc1. The highest BCUT2D eigenvalue weighted by atomic mass is 32.2. The monoisotopic (exact) mass is 253 g/mol. The predicted molar refractivity (Wildman–Crippen MR) is 76.5 cm³/mol. The second-order valence-electron chi connectivity index (χ2n) is 4.27. The highest BCUT2D eigenvalue weighted by Crippen LogP contribution is 2.32. The van der Waals surface area contributed by atoms with Crippen LogP contribution in [0.1, 0.15) is 29.7 Å². The summed E-state index contributed by atoms with van der Waals surface area (Å²) in [5.74, 6) is 0.989. The Hall–Kier alpha value is -0.510. The average molecular weight is 253 g/mol. The molecule has 0 heterocycles. The van der Waals surface area contributed by atoms with Gasteiger partial charge in [0.15, 0.2) is 0 Å². The molecule has 0 amide bonds. The minimum Gasteiger partial charge on any atom is -0.384 e. The van der Waals surface area contributed by atoms with Gasteiger partial charge >= 0.3 is 0 Å². The fraction of sp³-hybridized carbons (Fsp3) is 0.571. The van der Waals surface area contributed by atoms with Gasteiger partial charge in [-0.3, -0.25) is 0 Å². The van der Waals surface area contributed by atoms with E-state index in [0.29, 0.717) is 5.25 Å². The summed E-state index contributed by atoms with van der Waals surface area (Å²) in [5.41, 5.74) is 8.82. The van der Waals surface area contributed by atoms with Crippen LogP contribution in [0.3, 0.4) is 0 Å². The van der Waals surface area contributed by atoms with Crippen molar-refractivity contribution < 1.29 is 4.74 Å². The second-order valence-corrected chi connectivity index (χ2v) is 5.52. The summed E-state index contributed by atoms with van der Waals surface area (Å²) in [5, 5.41) is 0.371. The first-order valence-corrected chi connectivity index (χ1v) is 7.16. The lowest BCUT2D eigenvalue weighted by molar-refractivity contribution is 0.218. The minimum absolute atomic E-state index is 0.208. The second kappa shape index (κ2) is 7.75. The van der Waals surface area contributed by atoms with Gasteiger partial charge in [-0.05, 0) is 18.9 Å². The van der Waals surface area contributed by atoms with Crippen LogP contribution in [0.25, 0.3) is 0 Å². The Bertz CT molecular complexity index is 313. The molecule has 0 spiro atoms. The third kappa shape index (κ3) is 4.70. The van der Waals surface area contributed by atoms with Gasteiger partial charge in [0.2, 0.25) is 0 Å². The lowest BCUT2D eigenvalue weighted by Gasteiger charge is -2.23. The summed E-state index contributed by atoms with van der Waals surface area (Å²) >= 11 is 1.89. The smallest absolute Gasteiger partial charge is 0.0553 e. The Labute approximate surface area is 109 Å². The summed E-state index contributed by atoms with van der Waals surface area (Å²) in [4.78, 5) is 0. The first-order valence-electron chi connectivity index (χ1n) is 6.11. The molecule has 0 bridgehead atoms. The summed E-state index contributed by atoms with van der Waals surface area (Å²) < 4.78 is 5.10. The van der Waals surface area contributed by atoms with E-state index in [4.69, 9.17) is 10.5 Å². The lowest BCUT2D eigenvalue weighted by atomic mass is 10.0. The lowest BCUT2D eigenvalue weighted by Crippen LogP contribution is -2.26. The van der Waals surface area contributed by atoms with Gasteiger partial charge < -0.3 is 10.5 Å². The number of nitrogens with two attached hydrogens (primary N) is 1. The number of benzene rings is 1. The van der Waals surface area contributed by atoms with E-state index in [-0.39, 0.29) is 6.04 Å². The Morgan fingerprint density at radius 3 is 2.47 bits per heavy atom. The molecule has 2 nitrogen and oxygen atoms in total. The average Bonchev–Trinajstić information content (AvgIpc) is 2.35. The van der Waals surface area contributed by atoms with Crippen molar-refractivity contribution in [2.75, 3.05) is 19.5 Å². The van der Waals surface area contributed by atoms with Gasteiger partial charge in [-0.25, -0.2) is 0 Å². The maximum absolute atomic E-state index is 6.21. The van der Waals surface area contributed by atoms with Crippen molar-refractivity contribution >= 4 is 11.8 Å². The quantitative estimate of drug-likeness (QED) is 0.758. The Balaban J connectivity index is 2.71. The molecular weight excluding hydrogens is 230 g/mol. The standard InChI is InChI=1S/C14H23NOS/c1-4-13(15)14(17-10-9-16-3)12-7-5-11(2)6-8-12/h5-8,13-14H,4,9-10,15H2,1-3H3. The van der Waals surface area contributed by atoms with E-state index < -0.39 is 0 Å². The van der Waals surface area contributed by atoms with E-state index in [9.17, 15) is 0 Å². The van der Waals surface area contributed by atoms with E-state index in [0.717, 1.165) is 18.8 Å². The van der Waals surface area contributed by atoms with Crippen molar-refractivity contribution in [2.45, 2.75) is 31.6 Å². The number of rotatable bonds is 7. The number of aryl methyl sites for hydroxylation is 1. The normalized spacial score (nSPS) is 14.6. The first-order chi connectivity index (χ1) is 8.19. The molecule has 0 fully saturated rings. The minimum atomic E-state index is 0.208. The van der Waals surface area contributed by atoms with Crippen LogP contribution >= 0.6 is 11.8 Å². The van der Waals surface area contributed by atoms with Gasteiger partial charge in [0.25, 0.3) is 0 Å². The zero-order valence-corrected chi connectivity index (χ0v) is 11.8. The van der Waals surface area contributed by atoms with Gasteiger partial charge in [-0.2, -0.15) is 0 Å². The van der Waals surface area contributed by atoms with Crippen molar-refractivity contribution in [3.05, 3.63) is 35.4 Å². The molecule has 0 aliphatic rings. The van der Waals surface area contributed by atoms with E-state index >= 15 is 0 Å². The molecule has 0 saturated carbocycles. The van der Waals surface area contributed by atoms with Gasteiger partial charge in [0.05, 0.1) is 6.61 Å². The van der Waals surface area contributed by atoms with Crippen molar-refractivity contribution in [1.29, 1.82) is 0 Å². The molecule has 2 unspecified atom stereocenters. The van der Waals surface area contributed by atoms with E-state index in [1.807, 2.05) is 11.8 Å². The maximum Gasteiger partial charge on any atom is 0.0553 e. The highest BCUT2D eigenvalue weighted by Gasteiger charge is 2.18. The van der Waals surface area contributed by atoms with Crippen LogP contribution in [-0.4, -0.2) is 25.5 Å². The third-order valence-corrected chi connectivity index (χ3v) is 4.23. The van der Waals surface area contributed by atoms with Crippen LogP contribution in [0.2, 0.25) is 0 Å². The molecule has 0 saturated heterocycles. The summed E-state index contributed by atoms with van der Waals surface area (Å²) in [6.45, 7) is 5.03. The maximum atomic E-state index is 6.21. The topological polar surface area (TPSA) is 35.2 Å². The molecule has 1 aromatic rings. The molecular formula is C14H23NOS. The van der Waals surface area contributed by atoms with Crippen LogP contribution in [-0.2, 0) is 4.74 Å². The molecule has 3 heteroatoms. The molecule has 0 aliphatic carbocycles. The van der Waals surface area contributed by atoms with E-state index in [1.54, 1.807) is 7.11 Å². The van der Waals surface area contributed by atoms with Gasteiger partial charge in [0, 0.05) is 24.2 Å². The Morgan fingerprint density at radius 1 is 1.29 bits per heavy atom. The van der Waals surface area contributed by atoms with Crippen molar-refractivity contribution in [1.82, 2.24) is 0 Å². The van der Waals surface area contributed by atoms with Gasteiger partial charge in [0.1, 0.15) is 0 Å². The number of thioether (sulfide) groups is 1. The van der Waals surface area contributed by atoms with Crippen LogP contribution in [0.15, 0.2) is 24.3 Å². The Kier molecular flexibility index (Phi) is 6.63. The molecule has 0 aromatic heterocycles. The van der Waals surface area contributed by atoms with Gasteiger partial charge in [-0.1, -0.05) is 36.8 Å². The highest BCUT2D eigenvalue weighted by molar-refractivity contribution is 7.99. The fourth-order valence-corrected chi connectivity index (χ4v) is 3.00. The van der Waals surface area contributed by atoms with Crippen LogP contribution in [0, 0.1) is 6.92 Å². The molecule has 2 N–H and O–H groups in total. The number of hydrogen-bond acceptors (Lipinski definition) is 3. The van der Waals surface area contributed by atoms with E-state index in [1.165, 1.54) is 11.1 Å². The zero-order valence-electron chi connectivity index (χ0n) is 11.0. The fourth-order valence-electron chi connectivity index (χ4n) is 1.70. The van der Waals surface area contributed by atoms with E-state index in [2.05, 4.69) is 38.1 Å². The Morgan fingerprint density at radius 2 is 1.94 bits per heavy atom. The number of hydrogen-bond donors (Lipinski definition) is 1. The molecule has 1 aromatic carbocycles. The molecule has 96 valence electrons. The molecule has 17 heavy (non-hydrogen) atoms. The van der Waals surface area contributed by atoms with Crippen molar-refractivity contribution in [3.8, 4) is 0 Å². The van der Waals surface area contributed by atoms with Crippen LogP contribution in [0.4, 0.5) is 0 Å². The van der Waals surface area contributed by atoms with Crippen molar-refractivity contribution in [3.63, 3.8) is 0 Å².